The first-order valence-electron chi connectivity index (χ1n) is 6.50. The van der Waals surface area contributed by atoms with E-state index in [1.807, 2.05) is 0 Å². The first-order chi connectivity index (χ1) is 9.17. The van der Waals surface area contributed by atoms with Crippen molar-refractivity contribution in [3.8, 4) is 17.2 Å². The van der Waals surface area contributed by atoms with Gasteiger partial charge < -0.3 is 19.9 Å². The molecule has 0 unspecified atom stereocenters. The summed E-state index contributed by atoms with van der Waals surface area (Å²) < 4.78 is 24.0. The summed E-state index contributed by atoms with van der Waals surface area (Å²) in [6.45, 7) is 1.95. The van der Waals surface area contributed by atoms with Crippen LogP contribution in [0.15, 0.2) is 6.07 Å². The molecule has 0 bridgehead atoms. The lowest BCUT2D eigenvalue weighted by molar-refractivity contribution is 0.320. The Hall–Kier alpha value is -1.49. The third-order valence-electron chi connectivity index (χ3n) is 3.63. The van der Waals surface area contributed by atoms with E-state index in [2.05, 4.69) is 5.32 Å². The van der Waals surface area contributed by atoms with Crippen molar-refractivity contribution in [2.24, 2.45) is 5.92 Å². The molecule has 1 aromatic rings. The molecule has 5 heteroatoms. The summed E-state index contributed by atoms with van der Waals surface area (Å²) in [4.78, 5) is 0. The van der Waals surface area contributed by atoms with Crippen LogP contribution in [0.4, 0.5) is 4.39 Å². The molecule has 0 saturated carbocycles. The molecule has 0 aliphatic carbocycles. The van der Waals surface area contributed by atoms with Crippen LogP contribution in [0.1, 0.15) is 18.4 Å². The predicted molar refractivity (Wildman–Crippen MR) is 70.5 cm³/mol. The average Bonchev–Trinajstić information content (AvgIpc) is 2.45. The van der Waals surface area contributed by atoms with Crippen LogP contribution in [0, 0.1) is 11.7 Å². The molecule has 4 nitrogen and oxygen atoms in total. The van der Waals surface area contributed by atoms with Gasteiger partial charge in [-0.3, -0.25) is 0 Å². The Labute approximate surface area is 112 Å². The van der Waals surface area contributed by atoms with Gasteiger partial charge in [-0.25, -0.2) is 0 Å². The van der Waals surface area contributed by atoms with E-state index < -0.39 is 5.82 Å². The molecule has 1 fully saturated rings. The summed E-state index contributed by atoms with van der Waals surface area (Å²) in [5.74, 6) is -0.331. The Bertz CT molecular complexity index is 445. The molecule has 1 saturated heterocycles. The van der Waals surface area contributed by atoms with Gasteiger partial charge in [0, 0.05) is 5.56 Å². The quantitative estimate of drug-likeness (QED) is 0.879. The molecular formula is C14H20FNO3. The molecule has 0 spiro atoms. The monoisotopic (exact) mass is 269 g/mol. The Kier molecular flexibility index (Phi) is 4.47. The van der Waals surface area contributed by atoms with Crippen molar-refractivity contribution in [2.75, 3.05) is 27.3 Å². The number of piperidine rings is 1. The zero-order valence-corrected chi connectivity index (χ0v) is 11.3. The first kappa shape index (κ1) is 13.9. The number of nitrogens with one attached hydrogen (secondary N) is 1. The molecule has 0 aromatic heterocycles. The maximum atomic E-state index is 14.0. The van der Waals surface area contributed by atoms with Crippen molar-refractivity contribution in [3.05, 3.63) is 17.4 Å². The summed E-state index contributed by atoms with van der Waals surface area (Å²) >= 11 is 0. The molecule has 0 atom stereocenters. The molecule has 2 rings (SSSR count). The minimum absolute atomic E-state index is 0.0472. The second-order valence-electron chi connectivity index (χ2n) is 4.83. The van der Waals surface area contributed by atoms with E-state index in [1.54, 1.807) is 6.07 Å². The number of hydrogen-bond acceptors (Lipinski definition) is 4. The second kappa shape index (κ2) is 6.10. The number of benzene rings is 1. The van der Waals surface area contributed by atoms with Crippen molar-refractivity contribution in [1.82, 2.24) is 5.32 Å². The number of hydrogen-bond donors (Lipinski definition) is 2. The fraction of sp³-hybridized carbons (Fsp3) is 0.571. The van der Waals surface area contributed by atoms with Crippen LogP contribution in [0.5, 0.6) is 17.2 Å². The standard InChI is InChI=1S/C14H20FNO3/c1-18-11-8-10(7-9-3-5-16-6-4-9)13(17)12(15)14(11)19-2/h8-9,16-17H,3-7H2,1-2H3. The highest BCUT2D eigenvalue weighted by molar-refractivity contribution is 5.51. The van der Waals surface area contributed by atoms with E-state index in [4.69, 9.17) is 9.47 Å². The summed E-state index contributed by atoms with van der Waals surface area (Å²) in [7, 11) is 2.81. The molecule has 19 heavy (non-hydrogen) atoms. The maximum Gasteiger partial charge on any atom is 0.210 e. The van der Waals surface area contributed by atoms with E-state index in [0.717, 1.165) is 25.9 Å². The van der Waals surface area contributed by atoms with E-state index in [0.29, 0.717) is 23.7 Å². The third-order valence-corrected chi connectivity index (χ3v) is 3.63. The summed E-state index contributed by atoms with van der Waals surface area (Å²) in [5, 5.41) is 13.2. The highest BCUT2D eigenvalue weighted by Crippen LogP contribution is 2.39. The van der Waals surface area contributed by atoms with Crippen LogP contribution in [-0.4, -0.2) is 32.4 Å². The number of methoxy groups -OCH3 is 2. The number of rotatable bonds is 4. The number of halogens is 1. The molecule has 106 valence electrons. The van der Waals surface area contributed by atoms with Crippen molar-refractivity contribution < 1.29 is 19.0 Å². The lowest BCUT2D eigenvalue weighted by Gasteiger charge is -2.23. The third kappa shape index (κ3) is 2.92. The van der Waals surface area contributed by atoms with E-state index >= 15 is 0 Å². The van der Waals surface area contributed by atoms with Gasteiger partial charge in [0.2, 0.25) is 11.6 Å². The van der Waals surface area contributed by atoms with Gasteiger partial charge in [0.05, 0.1) is 14.2 Å². The Morgan fingerprint density at radius 1 is 1.32 bits per heavy atom. The van der Waals surface area contributed by atoms with E-state index in [1.165, 1.54) is 14.2 Å². The fourth-order valence-corrected chi connectivity index (χ4v) is 2.54. The second-order valence-corrected chi connectivity index (χ2v) is 4.83. The zero-order valence-electron chi connectivity index (χ0n) is 11.3. The zero-order chi connectivity index (χ0) is 13.8. The lowest BCUT2D eigenvalue weighted by atomic mass is 9.90. The Morgan fingerprint density at radius 3 is 2.58 bits per heavy atom. The molecule has 1 heterocycles. The maximum absolute atomic E-state index is 14.0. The fourth-order valence-electron chi connectivity index (χ4n) is 2.54. The number of phenolic OH excluding ortho intramolecular Hbond substituents is 1. The van der Waals surface area contributed by atoms with Gasteiger partial charge in [-0.05, 0) is 44.3 Å². The largest absolute Gasteiger partial charge is 0.505 e. The summed E-state index contributed by atoms with van der Waals surface area (Å²) in [6.07, 6.45) is 2.73. The van der Waals surface area contributed by atoms with Gasteiger partial charge in [0.15, 0.2) is 11.5 Å². The van der Waals surface area contributed by atoms with Crippen LogP contribution < -0.4 is 14.8 Å². The molecule has 1 aromatic carbocycles. The molecule has 0 amide bonds. The number of aromatic hydroxyl groups is 1. The predicted octanol–water partition coefficient (Wildman–Crippen LogP) is 2.09. The molecule has 0 radical (unpaired) electrons. The van der Waals surface area contributed by atoms with Gasteiger partial charge in [0.1, 0.15) is 0 Å². The minimum atomic E-state index is -0.745. The van der Waals surface area contributed by atoms with Crippen LogP contribution in [0.25, 0.3) is 0 Å². The van der Waals surface area contributed by atoms with E-state index in [9.17, 15) is 9.50 Å². The van der Waals surface area contributed by atoms with Crippen molar-refractivity contribution in [3.63, 3.8) is 0 Å². The van der Waals surface area contributed by atoms with Crippen molar-refractivity contribution in [1.29, 1.82) is 0 Å². The Balaban J connectivity index is 2.26. The normalized spacial score (nSPS) is 16.4. The molecular weight excluding hydrogens is 249 g/mol. The lowest BCUT2D eigenvalue weighted by Crippen LogP contribution is -2.28. The number of ether oxygens (including phenoxy) is 2. The minimum Gasteiger partial charge on any atom is -0.505 e. The SMILES string of the molecule is COc1cc(CC2CCNCC2)c(O)c(F)c1OC. The molecule has 2 N–H and O–H groups in total. The summed E-state index contributed by atoms with van der Waals surface area (Å²) in [6, 6.07) is 1.67. The number of phenols is 1. The van der Waals surface area contributed by atoms with Gasteiger partial charge in [-0.15, -0.1) is 0 Å². The summed E-state index contributed by atoms with van der Waals surface area (Å²) in [5.41, 5.74) is 0.585. The van der Waals surface area contributed by atoms with Crippen LogP contribution in [-0.2, 0) is 6.42 Å². The highest BCUT2D eigenvalue weighted by Gasteiger charge is 2.22. The van der Waals surface area contributed by atoms with Crippen molar-refractivity contribution in [2.45, 2.75) is 19.3 Å². The van der Waals surface area contributed by atoms with Gasteiger partial charge in [-0.2, -0.15) is 4.39 Å². The highest BCUT2D eigenvalue weighted by atomic mass is 19.1. The van der Waals surface area contributed by atoms with Crippen molar-refractivity contribution >= 4 is 0 Å². The van der Waals surface area contributed by atoms with Crippen LogP contribution in [0.3, 0.4) is 0 Å². The first-order valence-corrected chi connectivity index (χ1v) is 6.50. The van der Waals surface area contributed by atoms with Gasteiger partial charge in [-0.1, -0.05) is 0 Å². The van der Waals surface area contributed by atoms with Gasteiger partial charge >= 0.3 is 0 Å². The topological polar surface area (TPSA) is 50.7 Å². The Morgan fingerprint density at radius 2 is 2.00 bits per heavy atom. The van der Waals surface area contributed by atoms with Gasteiger partial charge in [0.25, 0.3) is 0 Å². The average molecular weight is 269 g/mol. The van der Waals surface area contributed by atoms with Crippen LogP contribution in [0.2, 0.25) is 0 Å². The van der Waals surface area contributed by atoms with E-state index in [-0.39, 0.29) is 11.5 Å². The molecule has 1 aliphatic heterocycles. The smallest absolute Gasteiger partial charge is 0.210 e. The molecule has 1 aliphatic rings. The van der Waals surface area contributed by atoms with Crippen LogP contribution >= 0.6 is 0 Å².